The van der Waals surface area contributed by atoms with Crippen LogP contribution in [0.4, 0.5) is 10.5 Å². The molecular formula is C22H28N4O3. The second-order valence-electron chi connectivity index (χ2n) is 7.03. The molecule has 0 atom stereocenters. The molecule has 0 radical (unpaired) electrons. The van der Waals surface area contributed by atoms with E-state index in [1.807, 2.05) is 18.2 Å². The van der Waals surface area contributed by atoms with Crippen molar-refractivity contribution in [2.24, 2.45) is 0 Å². The van der Waals surface area contributed by atoms with E-state index >= 15 is 0 Å². The number of nitrogens with zero attached hydrogens (tertiary/aromatic N) is 2. The van der Waals surface area contributed by atoms with Gasteiger partial charge in [0.05, 0.1) is 24.2 Å². The van der Waals surface area contributed by atoms with E-state index in [-0.39, 0.29) is 13.2 Å². The quantitative estimate of drug-likeness (QED) is 0.569. The molecule has 1 aromatic carbocycles. The molecule has 0 saturated heterocycles. The van der Waals surface area contributed by atoms with Gasteiger partial charge in [0.25, 0.3) is 0 Å². The van der Waals surface area contributed by atoms with Gasteiger partial charge in [0, 0.05) is 24.8 Å². The number of rotatable bonds is 7. The van der Waals surface area contributed by atoms with Gasteiger partial charge in [-0.2, -0.15) is 0 Å². The molecule has 0 aliphatic carbocycles. The van der Waals surface area contributed by atoms with Gasteiger partial charge in [0.1, 0.15) is 0 Å². The van der Waals surface area contributed by atoms with E-state index in [4.69, 9.17) is 9.84 Å². The lowest BCUT2D eigenvalue weighted by Crippen LogP contribution is -2.29. The van der Waals surface area contributed by atoms with Gasteiger partial charge in [-0.15, -0.1) is 0 Å². The van der Waals surface area contributed by atoms with Gasteiger partial charge in [-0.25, -0.2) is 9.78 Å². The Morgan fingerprint density at radius 3 is 2.79 bits per heavy atom. The summed E-state index contributed by atoms with van der Waals surface area (Å²) in [6.07, 6.45) is 2.11. The molecule has 2 heterocycles. The predicted molar refractivity (Wildman–Crippen MR) is 114 cm³/mol. The van der Waals surface area contributed by atoms with Crippen molar-refractivity contribution in [2.45, 2.75) is 40.7 Å². The topological polar surface area (TPSA) is 87.9 Å². The summed E-state index contributed by atoms with van der Waals surface area (Å²) >= 11 is 0. The van der Waals surface area contributed by atoms with Crippen LogP contribution in [0.5, 0.6) is 5.75 Å². The minimum atomic E-state index is -0.606. The molecule has 0 aliphatic rings. The second-order valence-corrected chi connectivity index (χ2v) is 7.03. The van der Waals surface area contributed by atoms with E-state index in [0.717, 1.165) is 29.1 Å². The zero-order valence-corrected chi connectivity index (χ0v) is 17.4. The Hall–Kier alpha value is -3.06. The fourth-order valence-corrected chi connectivity index (χ4v) is 3.36. The fraction of sp³-hybridized carbons (Fsp3) is 0.364. The van der Waals surface area contributed by atoms with Crippen molar-refractivity contribution in [3.63, 3.8) is 0 Å². The summed E-state index contributed by atoms with van der Waals surface area (Å²) in [6, 6.07) is 8.12. The number of imidazole rings is 1. The zero-order chi connectivity index (χ0) is 21.0. The smallest absolute Gasteiger partial charge is 0.409 e. The molecule has 1 amide bonds. The van der Waals surface area contributed by atoms with Crippen LogP contribution in [0.3, 0.4) is 0 Å². The molecule has 2 aromatic heterocycles. The first-order valence-corrected chi connectivity index (χ1v) is 9.81. The highest BCUT2D eigenvalue weighted by molar-refractivity contribution is 5.74. The number of amides is 1. The van der Waals surface area contributed by atoms with Crippen molar-refractivity contribution in [3.8, 4) is 5.75 Å². The summed E-state index contributed by atoms with van der Waals surface area (Å²) in [5, 5.41) is 14.8. The van der Waals surface area contributed by atoms with Gasteiger partial charge in [0.2, 0.25) is 0 Å². The third-order valence-corrected chi connectivity index (χ3v) is 5.11. The fourth-order valence-electron chi connectivity index (χ4n) is 3.36. The van der Waals surface area contributed by atoms with E-state index in [1.54, 1.807) is 12.3 Å². The Morgan fingerprint density at radius 2 is 2.07 bits per heavy atom. The van der Waals surface area contributed by atoms with Crippen LogP contribution < -0.4 is 15.4 Å². The molecule has 0 aliphatic heterocycles. The van der Waals surface area contributed by atoms with E-state index in [2.05, 4.69) is 47.7 Å². The average molecular weight is 396 g/mol. The number of aliphatic hydroxyl groups is 1. The summed E-state index contributed by atoms with van der Waals surface area (Å²) < 4.78 is 7.32. The van der Waals surface area contributed by atoms with Crippen molar-refractivity contribution in [2.75, 3.05) is 18.5 Å². The molecular weight excluding hydrogens is 368 g/mol. The highest BCUT2D eigenvalue weighted by atomic mass is 16.6. The van der Waals surface area contributed by atoms with Crippen molar-refractivity contribution in [3.05, 3.63) is 58.5 Å². The van der Waals surface area contributed by atoms with Gasteiger partial charge in [0.15, 0.2) is 11.4 Å². The number of anilines is 1. The van der Waals surface area contributed by atoms with Crippen LogP contribution in [-0.2, 0) is 13.0 Å². The summed E-state index contributed by atoms with van der Waals surface area (Å²) in [5.74, 6) is 0.399. The first-order chi connectivity index (χ1) is 13.9. The highest BCUT2D eigenvalue weighted by Crippen LogP contribution is 2.27. The monoisotopic (exact) mass is 396 g/mol. The lowest BCUT2D eigenvalue weighted by molar-refractivity contribution is 0.195. The number of aliphatic hydroxyl groups excluding tert-OH is 1. The number of aryl methyl sites for hydroxylation is 4. The van der Waals surface area contributed by atoms with Gasteiger partial charge in [-0.05, 0) is 43.9 Å². The number of pyridine rings is 1. The lowest BCUT2D eigenvalue weighted by Gasteiger charge is -2.15. The maximum atomic E-state index is 11.9. The molecule has 3 rings (SSSR count). The molecule has 3 N–H and O–H groups in total. The number of carbonyl (C=O) groups excluding carboxylic acids is 1. The Labute approximate surface area is 170 Å². The van der Waals surface area contributed by atoms with Crippen molar-refractivity contribution >= 4 is 17.4 Å². The number of hydrogen-bond donors (Lipinski definition) is 3. The largest absolute Gasteiger partial charge is 0.412 e. The van der Waals surface area contributed by atoms with Crippen molar-refractivity contribution in [1.82, 2.24) is 14.7 Å². The van der Waals surface area contributed by atoms with Crippen LogP contribution in [0.1, 0.15) is 35.0 Å². The Bertz CT molecular complexity index is 1030. The minimum absolute atomic E-state index is 0.141. The molecule has 0 bridgehead atoms. The molecule has 0 saturated carbocycles. The van der Waals surface area contributed by atoms with Crippen LogP contribution >= 0.6 is 0 Å². The molecule has 7 heteroatoms. The number of benzene rings is 1. The van der Waals surface area contributed by atoms with Crippen LogP contribution in [0.2, 0.25) is 0 Å². The summed E-state index contributed by atoms with van der Waals surface area (Å²) in [5.41, 5.74) is 7.28. The van der Waals surface area contributed by atoms with Gasteiger partial charge >= 0.3 is 6.09 Å². The first kappa shape index (κ1) is 20.7. The third kappa shape index (κ3) is 4.51. The number of aromatic nitrogens is 2. The van der Waals surface area contributed by atoms with E-state index < -0.39 is 6.09 Å². The zero-order valence-electron chi connectivity index (χ0n) is 17.4. The Balaban J connectivity index is 1.94. The van der Waals surface area contributed by atoms with Crippen LogP contribution in [0.15, 0.2) is 30.5 Å². The van der Waals surface area contributed by atoms with Gasteiger partial charge < -0.3 is 20.5 Å². The number of carbonyl (C=O) groups is 1. The number of hydrogen-bond acceptors (Lipinski definition) is 5. The number of fused-ring (bicyclic) bond motifs is 1. The maximum Gasteiger partial charge on any atom is 0.412 e. The predicted octanol–water partition coefficient (Wildman–Crippen LogP) is 3.51. The normalized spacial score (nSPS) is 10.9. The summed E-state index contributed by atoms with van der Waals surface area (Å²) in [4.78, 5) is 16.6. The number of ether oxygens (including phenoxy) is 1. The highest BCUT2D eigenvalue weighted by Gasteiger charge is 2.14. The second kappa shape index (κ2) is 8.96. The van der Waals surface area contributed by atoms with Crippen LogP contribution in [-0.4, -0.2) is 33.7 Å². The minimum Gasteiger partial charge on any atom is -0.409 e. The summed E-state index contributed by atoms with van der Waals surface area (Å²) in [7, 11) is 0. The molecule has 3 aromatic rings. The number of nitrogens with one attached hydrogen (secondary N) is 2. The van der Waals surface area contributed by atoms with Crippen LogP contribution in [0, 0.1) is 20.8 Å². The SMILES string of the molecule is CCc1cccc(C)c1CNc1cc(OC(=O)NCCO)cn2c(C)c(C)nc12. The molecule has 29 heavy (non-hydrogen) atoms. The maximum absolute atomic E-state index is 11.9. The van der Waals surface area contributed by atoms with Crippen molar-refractivity contribution in [1.29, 1.82) is 0 Å². The molecule has 0 unspecified atom stereocenters. The molecule has 0 spiro atoms. The van der Waals surface area contributed by atoms with Crippen LogP contribution in [0.25, 0.3) is 5.65 Å². The average Bonchev–Trinajstić information content (AvgIpc) is 2.99. The first-order valence-electron chi connectivity index (χ1n) is 9.81. The molecule has 7 nitrogen and oxygen atoms in total. The lowest BCUT2D eigenvalue weighted by atomic mass is 10.00. The van der Waals surface area contributed by atoms with Gasteiger partial charge in [-0.3, -0.25) is 4.40 Å². The van der Waals surface area contributed by atoms with Gasteiger partial charge in [-0.1, -0.05) is 25.1 Å². The van der Waals surface area contributed by atoms with E-state index in [1.165, 1.54) is 16.7 Å². The van der Waals surface area contributed by atoms with Crippen molar-refractivity contribution < 1.29 is 14.6 Å². The van der Waals surface area contributed by atoms with E-state index in [9.17, 15) is 4.79 Å². The Kier molecular flexibility index (Phi) is 6.39. The standard InChI is InChI=1S/C22H28N4O3/c1-5-17-8-6-7-14(2)19(17)12-24-20-11-18(29-22(28)23-9-10-27)13-26-16(4)15(3)25-21(20)26/h6-8,11,13,24,27H,5,9-10,12H2,1-4H3,(H,23,28). The molecule has 0 fully saturated rings. The third-order valence-electron chi connectivity index (χ3n) is 5.11. The molecule has 154 valence electrons. The van der Waals surface area contributed by atoms with E-state index in [0.29, 0.717) is 12.3 Å². The Morgan fingerprint density at radius 1 is 1.28 bits per heavy atom. The summed E-state index contributed by atoms with van der Waals surface area (Å²) in [6.45, 7) is 8.84.